The minimum Gasteiger partial charge on any atom is -0.486 e. The molecule has 0 heterocycles. The Hall–Kier alpha value is -1.49. The van der Waals surface area contributed by atoms with Gasteiger partial charge in [0.15, 0.2) is 0 Å². The molecule has 0 bridgehead atoms. The Morgan fingerprint density at radius 2 is 1.95 bits per heavy atom. The molecule has 1 rings (SSSR count). The third kappa shape index (κ3) is 4.89. The summed E-state index contributed by atoms with van der Waals surface area (Å²) in [4.78, 5) is 0. The number of hydrogen-bond acceptors (Lipinski definition) is 2. The lowest BCUT2D eigenvalue weighted by Crippen LogP contribution is -2.22. The predicted octanol–water partition coefficient (Wildman–Crippen LogP) is 4.16. The highest BCUT2D eigenvalue weighted by Crippen LogP contribution is 2.37. The molecule has 0 saturated heterocycles. The Morgan fingerprint density at radius 1 is 1.30 bits per heavy atom. The second-order valence-corrected chi connectivity index (χ2v) is 4.92. The SMILES string of the molecule is C=CC(C)Oc1ccc(CNC(C)C)cc1C(F)(F)F. The molecular weight excluding hydrogens is 267 g/mol. The number of hydrogen-bond donors (Lipinski definition) is 1. The van der Waals surface area contributed by atoms with Crippen molar-refractivity contribution in [1.82, 2.24) is 5.32 Å². The first-order valence-electron chi connectivity index (χ1n) is 6.46. The fourth-order valence-corrected chi connectivity index (χ4v) is 1.58. The summed E-state index contributed by atoms with van der Waals surface area (Å²) in [6.45, 7) is 9.40. The number of ether oxygens (including phenoxy) is 1. The summed E-state index contributed by atoms with van der Waals surface area (Å²) in [6.07, 6.45) is -3.46. The van der Waals surface area contributed by atoms with Crippen LogP contribution in [0, 0.1) is 0 Å². The molecule has 1 N–H and O–H groups in total. The lowest BCUT2D eigenvalue weighted by molar-refractivity contribution is -0.139. The van der Waals surface area contributed by atoms with E-state index in [1.54, 1.807) is 13.0 Å². The van der Waals surface area contributed by atoms with E-state index in [0.29, 0.717) is 12.1 Å². The van der Waals surface area contributed by atoms with Gasteiger partial charge in [0.25, 0.3) is 0 Å². The first-order chi connectivity index (χ1) is 9.24. The lowest BCUT2D eigenvalue weighted by Gasteiger charge is -2.18. The summed E-state index contributed by atoms with van der Waals surface area (Å²) in [5.41, 5.74) is -0.182. The number of rotatable bonds is 6. The van der Waals surface area contributed by atoms with Crippen molar-refractivity contribution in [2.75, 3.05) is 0 Å². The van der Waals surface area contributed by atoms with Gasteiger partial charge in [0.1, 0.15) is 11.9 Å². The maximum atomic E-state index is 13.1. The monoisotopic (exact) mass is 287 g/mol. The third-order valence-electron chi connectivity index (χ3n) is 2.71. The summed E-state index contributed by atoms with van der Waals surface area (Å²) >= 11 is 0. The highest BCUT2D eigenvalue weighted by atomic mass is 19.4. The van der Waals surface area contributed by atoms with Crippen LogP contribution in [0.15, 0.2) is 30.9 Å². The van der Waals surface area contributed by atoms with Crippen LogP contribution >= 0.6 is 0 Å². The van der Waals surface area contributed by atoms with Gasteiger partial charge in [0.05, 0.1) is 5.56 Å². The van der Waals surface area contributed by atoms with Crippen LogP contribution in [0.5, 0.6) is 5.75 Å². The Morgan fingerprint density at radius 3 is 2.45 bits per heavy atom. The topological polar surface area (TPSA) is 21.3 Å². The standard InChI is InChI=1S/C15H20F3NO/c1-5-11(4)20-14-7-6-12(9-19-10(2)3)8-13(14)15(16,17)18/h5-8,10-11,19H,1,9H2,2-4H3. The summed E-state index contributed by atoms with van der Waals surface area (Å²) in [5, 5.41) is 3.09. The quantitative estimate of drug-likeness (QED) is 0.793. The van der Waals surface area contributed by atoms with Crippen molar-refractivity contribution >= 4 is 0 Å². The van der Waals surface area contributed by atoms with Crippen molar-refractivity contribution in [3.05, 3.63) is 42.0 Å². The lowest BCUT2D eigenvalue weighted by atomic mass is 10.1. The molecule has 0 aliphatic heterocycles. The predicted molar refractivity (Wildman–Crippen MR) is 73.7 cm³/mol. The molecule has 2 nitrogen and oxygen atoms in total. The van der Waals surface area contributed by atoms with Crippen LogP contribution < -0.4 is 10.1 Å². The van der Waals surface area contributed by atoms with Gasteiger partial charge < -0.3 is 10.1 Å². The Balaban J connectivity index is 3.04. The van der Waals surface area contributed by atoms with E-state index in [2.05, 4.69) is 11.9 Å². The van der Waals surface area contributed by atoms with Crippen LogP contribution in [0.4, 0.5) is 13.2 Å². The normalized spacial score (nSPS) is 13.3. The van der Waals surface area contributed by atoms with Gasteiger partial charge in [-0.1, -0.05) is 32.6 Å². The van der Waals surface area contributed by atoms with Gasteiger partial charge in [0, 0.05) is 12.6 Å². The van der Waals surface area contributed by atoms with Gasteiger partial charge in [-0.25, -0.2) is 0 Å². The van der Waals surface area contributed by atoms with E-state index in [9.17, 15) is 13.2 Å². The minimum absolute atomic E-state index is 0.168. The van der Waals surface area contributed by atoms with E-state index in [1.807, 2.05) is 13.8 Å². The van der Waals surface area contributed by atoms with Crippen LogP contribution in [0.1, 0.15) is 31.9 Å². The minimum atomic E-state index is -4.44. The Bertz CT molecular complexity index is 455. The molecule has 1 aromatic carbocycles. The van der Waals surface area contributed by atoms with E-state index < -0.39 is 17.8 Å². The molecule has 1 unspecified atom stereocenters. The first kappa shape index (κ1) is 16.6. The number of halogens is 3. The summed E-state index contributed by atoms with van der Waals surface area (Å²) in [7, 11) is 0. The fraction of sp³-hybridized carbons (Fsp3) is 0.467. The number of nitrogens with one attached hydrogen (secondary N) is 1. The van der Waals surface area contributed by atoms with Crippen molar-refractivity contribution < 1.29 is 17.9 Å². The molecule has 1 atom stereocenters. The molecule has 20 heavy (non-hydrogen) atoms. The van der Waals surface area contributed by atoms with E-state index in [-0.39, 0.29) is 11.8 Å². The highest BCUT2D eigenvalue weighted by molar-refractivity contribution is 5.39. The largest absolute Gasteiger partial charge is 0.486 e. The molecule has 0 aliphatic rings. The van der Waals surface area contributed by atoms with Gasteiger partial charge in [-0.2, -0.15) is 13.2 Å². The van der Waals surface area contributed by atoms with E-state index in [4.69, 9.17) is 4.74 Å². The van der Waals surface area contributed by atoms with E-state index in [1.165, 1.54) is 12.1 Å². The average molecular weight is 287 g/mol. The van der Waals surface area contributed by atoms with Crippen LogP contribution in [-0.4, -0.2) is 12.1 Å². The second-order valence-electron chi connectivity index (χ2n) is 4.92. The van der Waals surface area contributed by atoms with Gasteiger partial charge in [-0.05, 0) is 24.6 Å². The zero-order chi connectivity index (χ0) is 15.3. The fourth-order valence-electron chi connectivity index (χ4n) is 1.58. The molecular formula is C15H20F3NO. The smallest absolute Gasteiger partial charge is 0.419 e. The van der Waals surface area contributed by atoms with Crippen LogP contribution in [-0.2, 0) is 12.7 Å². The molecule has 112 valence electrons. The zero-order valence-corrected chi connectivity index (χ0v) is 11.9. The summed E-state index contributed by atoms with van der Waals surface area (Å²) in [5.74, 6) is -0.168. The molecule has 0 spiro atoms. The molecule has 0 radical (unpaired) electrons. The molecule has 0 amide bonds. The molecule has 1 aromatic rings. The molecule has 0 aliphatic carbocycles. The highest BCUT2D eigenvalue weighted by Gasteiger charge is 2.34. The Labute approximate surface area is 117 Å². The second kappa shape index (κ2) is 6.79. The van der Waals surface area contributed by atoms with Crippen LogP contribution in [0.2, 0.25) is 0 Å². The van der Waals surface area contributed by atoms with Gasteiger partial charge in [0.2, 0.25) is 0 Å². The average Bonchev–Trinajstić information content (AvgIpc) is 2.36. The number of benzene rings is 1. The molecule has 0 aromatic heterocycles. The van der Waals surface area contributed by atoms with Crippen molar-refractivity contribution in [2.24, 2.45) is 0 Å². The van der Waals surface area contributed by atoms with E-state index >= 15 is 0 Å². The van der Waals surface area contributed by atoms with Crippen LogP contribution in [0.25, 0.3) is 0 Å². The third-order valence-corrected chi connectivity index (χ3v) is 2.71. The molecule has 0 saturated carbocycles. The van der Waals surface area contributed by atoms with Crippen LogP contribution in [0.3, 0.4) is 0 Å². The maximum Gasteiger partial charge on any atom is 0.419 e. The van der Waals surface area contributed by atoms with Crippen molar-refractivity contribution in [1.29, 1.82) is 0 Å². The zero-order valence-electron chi connectivity index (χ0n) is 11.9. The Kier molecular flexibility index (Phi) is 5.62. The summed E-state index contributed by atoms with van der Waals surface area (Å²) < 4.78 is 44.4. The van der Waals surface area contributed by atoms with E-state index in [0.717, 1.165) is 6.07 Å². The van der Waals surface area contributed by atoms with Gasteiger partial charge >= 0.3 is 6.18 Å². The summed E-state index contributed by atoms with van der Waals surface area (Å²) in [6, 6.07) is 4.33. The molecule has 5 heteroatoms. The number of alkyl halides is 3. The first-order valence-corrected chi connectivity index (χ1v) is 6.46. The van der Waals surface area contributed by atoms with Gasteiger partial charge in [-0.3, -0.25) is 0 Å². The maximum absolute atomic E-state index is 13.1. The van der Waals surface area contributed by atoms with Crippen molar-refractivity contribution in [2.45, 2.75) is 45.6 Å². The molecule has 0 fully saturated rings. The van der Waals surface area contributed by atoms with Crippen molar-refractivity contribution in [3.63, 3.8) is 0 Å². The van der Waals surface area contributed by atoms with Gasteiger partial charge in [-0.15, -0.1) is 0 Å². The van der Waals surface area contributed by atoms with Crippen molar-refractivity contribution in [3.8, 4) is 5.75 Å².